The molecule has 4 heteroatoms. The zero-order valence-electron chi connectivity index (χ0n) is 8.58. The van der Waals surface area contributed by atoms with Crippen molar-refractivity contribution < 1.29 is 9.50 Å². The molecule has 0 aliphatic heterocycles. The zero-order valence-corrected chi connectivity index (χ0v) is 10.1. The summed E-state index contributed by atoms with van der Waals surface area (Å²) in [6, 6.07) is 4.00. The summed E-state index contributed by atoms with van der Waals surface area (Å²) in [6.07, 6.45) is -0.866. The van der Waals surface area contributed by atoms with E-state index in [1.165, 1.54) is 29.5 Å². The van der Waals surface area contributed by atoms with Crippen LogP contribution in [-0.4, -0.2) is 5.11 Å². The zero-order chi connectivity index (χ0) is 11.7. The Kier molecular flexibility index (Phi) is 3.28. The summed E-state index contributed by atoms with van der Waals surface area (Å²) >= 11 is 7.44. The van der Waals surface area contributed by atoms with Gasteiger partial charge < -0.3 is 5.11 Å². The first-order valence-corrected chi connectivity index (χ1v) is 6.07. The fraction of sp³-hybridized carbons (Fsp3) is 0.167. The van der Waals surface area contributed by atoms with Crippen molar-refractivity contribution in [1.82, 2.24) is 0 Å². The lowest BCUT2D eigenvalue weighted by molar-refractivity contribution is 0.219. The molecule has 0 bridgehead atoms. The van der Waals surface area contributed by atoms with Crippen LogP contribution in [0.15, 0.2) is 29.0 Å². The number of benzene rings is 1. The maximum atomic E-state index is 13.1. The minimum atomic E-state index is -0.866. The molecule has 0 saturated carbocycles. The Morgan fingerprint density at radius 1 is 1.31 bits per heavy atom. The highest BCUT2D eigenvalue weighted by Gasteiger charge is 2.17. The van der Waals surface area contributed by atoms with Crippen LogP contribution in [0.5, 0.6) is 0 Å². The fourth-order valence-electron chi connectivity index (χ4n) is 1.54. The molecule has 1 unspecified atom stereocenters. The van der Waals surface area contributed by atoms with Crippen molar-refractivity contribution in [2.75, 3.05) is 0 Å². The number of hydrogen-bond donors (Lipinski definition) is 1. The first kappa shape index (κ1) is 11.6. The van der Waals surface area contributed by atoms with E-state index < -0.39 is 11.9 Å². The van der Waals surface area contributed by atoms with Gasteiger partial charge in [0.2, 0.25) is 0 Å². The summed E-state index contributed by atoms with van der Waals surface area (Å²) in [5.74, 6) is -0.397. The molecule has 0 fully saturated rings. The number of aliphatic hydroxyl groups excluding tert-OH is 1. The summed E-state index contributed by atoms with van der Waals surface area (Å²) < 4.78 is 13.1. The third-order valence-electron chi connectivity index (χ3n) is 2.44. The van der Waals surface area contributed by atoms with E-state index in [2.05, 4.69) is 0 Å². The quantitative estimate of drug-likeness (QED) is 0.863. The average Bonchev–Trinajstić information content (AvgIpc) is 2.67. The number of thiophene rings is 1. The van der Waals surface area contributed by atoms with Gasteiger partial charge in [-0.05, 0) is 47.0 Å². The van der Waals surface area contributed by atoms with Crippen molar-refractivity contribution in [2.24, 2.45) is 0 Å². The number of halogens is 2. The molecule has 0 radical (unpaired) electrons. The van der Waals surface area contributed by atoms with Gasteiger partial charge in [-0.25, -0.2) is 4.39 Å². The van der Waals surface area contributed by atoms with E-state index >= 15 is 0 Å². The summed E-state index contributed by atoms with van der Waals surface area (Å²) in [5, 5.41) is 14.3. The lowest BCUT2D eigenvalue weighted by Crippen LogP contribution is -2.01. The highest BCUT2D eigenvalue weighted by molar-refractivity contribution is 7.08. The number of aliphatic hydroxyl groups is 1. The smallest absolute Gasteiger partial charge is 0.123 e. The van der Waals surface area contributed by atoms with E-state index in [4.69, 9.17) is 11.6 Å². The van der Waals surface area contributed by atoms with Crippen LogP contribution < -0.4 is 0 Å². The Balaban J connectivity index is 2.45. The Morgan fingerprint density at radius 2 is 2.06 bits per heavy atom. The summed E-state index contributed by atoms with van der Waals surface area (Å²) in [4.78, 5) is 0. The molecular weight excluding hydrogens is 247 g/mol. The largest absolute Gasteiger partial charge is 0.384 e. The summed E-state index contributed by atoms with van der Waals surface area (Å²) in [7, 11) is 0. The predicted molar refractivity (Wildman–Crippen MR) is 64.5 cm³/mol. The molecule has 2 aromatic rings. The predicted octanol–water partition coefficient (Wildman–Crippen LogP) is 3.93. The van der Waals surface area contributed by atoms with Crippen LogP contribution >= 0.6 is 22.9 Å². The Labute approximate surface area is 102 Å². The minimum absolute atomic E-state index is 0.375. The Morgan fingerprint density at radius 3 is 2.69 bits per heavy atom. The molecule has 1 heterocycles. The maximum absolute atomic E-state index is 13.1. The van der Waals surface area contributed by atoms with Crippen LogP contribution in [0.2, 0.25) is 5.02 Å². The van der Waals surface area contributed by atoms with Gasteiger partial charge in [0.25, 0.3) is 0 Å². The molecule has 1 aromatic heterocycles. The molecule has 0 spiro atoms. The average molecular weight is 257 g/mol. The lowest BCUT2D eigenvalue weighted by atomic mass is 10.0. The standard InChI is InChI=1S/C12H10ClFOS/c1-7-5-16-6-10(7)12(15)9-4-8(14)2-3-11(9)13/h2-6,12,15H,1H3. The van der Waals surface area contributed by atoms with Gasteiger partial charge in [-0.2, -0.15) is 11.3 Å². The SMILES string of the molecule is Cc1cscc1C(O)c1cc(F)ccc1Cl. The van der Waals surface area contributed by atoms with Gasteiger partial charge in [-0.15, -0.1) is 0 Å². The van der Waals surface area contributed by atoms with E-state index in [0.29, 0.717) is 10.6 Å². The van der Waals surface area contributed by atoms with Gasteiger partial charge in [0.05, 0.1) is 0 Å². The Bertz CT molecular complexity index is 509. The normalized spacial score (nSPS) is 12.8. The molecule has 1 nitrogen and oxygen atoms in total. The molecule has 0 aliphatic rings. The van der Waals surface area contributed by atoms with Crippen LogP contribution in [0.3, 0.4) is 0 Å². The Hall–Kier alpha value is -0.900. The van der Waals surface area contributed by atoms with Crippen molar-refractivity contribution in [3.8, 4) is 0 Å². The molecule has 0 aliphatic carbocycles. The third-order valence-corrected chi connectivity index (χ3v) is 3.67. The van der Waals surface area contributed by atoms with E-state index in [1.54, 1.807) is 0 Å². The van der Waals surface area contributed by atoms with Crippen LogP contribution in [0, 0.1) is 12.7 Å². The monoisotopic (exact) mass is 256 g/mol. The van der Waals surface area contributed by atoms with Crippen molar-refractivity contribution in [2.45, 2.75) is 13.0 Å². The van der Waals surface area contributed by atoms with Crippen molar-refractivity contribution >= 4 is 22.9 Å². The summed E-state index contributed by atoms with van der Waals surface area (Å²) in [6.45, 7) is 1.91. The first-order chi connectivity index (χ1) is 7.59. The number of rotatable bonds is 2. The highest BCUT2D eigenvalue weighted by Crippen LogP contribution is 2.31. The fourth-order valence-corrected chi connectivity index (χ4v) is 2.63. The third kappa shape index (κ3) is 2.12. The van der Waals surface area contributed by atoms with E-state index in [1.807, 2.05) is 17.7 Å². The second-order valence-electron chi connectivity index (χ2n) is 3.58. The minimum Gasteiger partial charge on any atom is -0.384 e. The van der Waals surface area contributed by atoms with Crippen molar-refractivity contribution in [3.63, 3.8) is 0 Å². The molecule has 0 saturated heterocycles. The first-order valence-electron chi connectivity index (χ1n) is 4.75. The highest BCUT2D eigenvalue weighted by atomic mass is 35.5. The van der Waals surface area contributed by atoms with Gasteiger partial charge in [0.15, 0.2) is 0 Å². The van der Waals surface area contributed by atoms with Crippen LogP contribution in [0.1, 0.15) is 22.8 Å². The molecule has 1 aromatic carbocycles. The van der Waals surface area contributed by atoms with Gasteiger partial charge in [-0.3, -0.25) is 0 Å². The molecule has 16 heavy (non-hydrogen) atoms. The van der Waals surface area contributed by atoms with Gasteiger partial charge in [0, 0.05) is 10.6 Å². The van der Waals surface area contributed by atoms with Crippen LogP contribution in [-0.2, 0) is 0 Å². The van der Waals surface area contributed by atoms with Crippen molar-refractivity contribution in [3.05, 3.63) is 56.5 Å². The van der Waals surface area contributed by atoms with Crippen molar-refractivity contribution in [1.29, 1.82) is 0 Å². The maximum Gasteiger partial charge on any atom is 0.123 e. The lowest BCUT2D eigenvalue weighted by Gasteiger charge is -2.12. The van der Waals surface area contributed by atoms with Gasteiger partial charge in [-0.1, -0.05) is 11.6 Å². The van der Waals surface area contributed by atoms with Crippen LogP contribution in [0.4, 0.5) is 4.39 Å². The molecule has 1 atom stereocenters. The van der Waals surface area contributed by atoms with E-state index in [0.717, 1.165) is 11.1 Å². The second kappa shape index (κ2) is 4.53. The van der Waals surface area contributed by atoms with E-state index in [-0.39, 0.29) is 0 Å². The van der Waals surface area contributed by atoms with Crippen LogP contribution in [0.25, 0.3) is 0 Å². The molecule has 2 rings (SSSR count). The van der Waals surface area contributed by atoms with Gasteiger partial charge >= 0.3 is 0 Å². The second-order valence-corrected chi connectivity index (χ2v) is 4.73. The number of hydrogen-bond acceptors (Lipinski definition) is 2. The topological polar surface area (TPSA) is 20.2 Å². The molecule has 84 valence electrons. The molecular formula is C12H10ClFOS. The number of aryl methyl sites for hydroxylation is 1. The molecule has 1 N–H and O–H groups in total. The molecule has 0 amide bonds. The summed E-state index contributed by atoms with van der Waals surface area (Å²) in [5.41, 5.74) is 2.17. The van der Waals surface area contributed by atoms with Gasteiger partial charge in [0.1, 0.15) is 11.9 Å². The van der Waals surface area contributed by atoms with E-state index in [9.17, 15) is 9.50 Å².